The Bertz CT molecular complexity index is 691. The van der Waals surface area contributed by atoms with Crippen LogP contribution in [0.2, 0.25) is 0 Å². The van der Waals surface area contributed by atoms with Crippen LogP contribution in [-0.4, -0.2) is 22.3 Å². The predicted octanol–water partition coefficient (Wildman–Crippen LogP) is 2.93. The monoisotopic (exact) mass is 277 g/mol. The van der Waals surface area contributed by atoms with Crippen LogP contribution in [0.1, 0.15) is 40.4 Å². The second kappa shape index (κ2) is 5.76. The Labute approximate surface area is 123 Å². The summed E-state index contributed by atoms with van der Waals surface area (Å²) >= 11 is 0. The number of nitriles is 1. The molecule has 4 heteroatoms. The normalized spacial score (nSPS) is 17.5. The van der Waals surface area contributed by atoms with Crippen molar-refractivity contribution in [2.24, 2.45) is 0 Å². The molecule has 21 heavy (non-hydrogen) atoms. The van der Waals surface area contributed by atoms with Crippen molar-refractivity contribution in [3.05, 3.63) is 65.5 Å². The average Bonchev–Trinajstić information content (AvgIpc) is 3.04. The van der Waals surface area contributed by atoms with Crippen molar-refractivity contribution in [3.63, 3.8) is 0 Å². The highest BCUT2D eigenvalue weighted by Crippen LogP contribution is 2.32. The summed E-state index contributed by atoms with van der Waals surface area (Å²) in [5, 5.41) is 8.96. The number of nitrogens with zero attached hydrogens (tertiary/aromatic N) is 3. The minimum atomic E-state index is -0.0153. The summed E-state index contributed by atoms with van der Waals surface area (Å²) in [6, 6.07) is 12.9. The molecule has 2 aromatic rings. The van der Waals surface area contributed by atoms with E-state index in [-0.39, 0.29) is 11.9 Å². The summed E-state index contributed by atoms with van der Waals surface area (Å²) in [6.45, 7) is 0.745. The van der Waals surface area contributed by atoms with E-state index in [9.17, 15) is 4.79 Å². The van der Waals surface area contributed by atoms with Crippen molar-refractivity contribution in [3.8, 4) is 6.07 Å². The number of hydrogen-bond acceptors (Lipinski definition) is 3. The number of benzene rings is 1. The highest BCUT2D eigenvalue weighted by Gasteiger charge is 2.30. The Hall–Kier alpha value is -2.67. The number of pyridine rings is 1. The molecule has 0 spiro atoms. The molecule has 1 fully saturated rings. The van der Waals surface area contributed by atoms with Gasteiger partial charge in [-0.3, -0.25) is 9.78 Å². The van der Waals surface area contributed by atoms with E-state index in [1.807, 2.05) is 23.2 Å². The van der Waals surface area contributed by atoms with Crippen molar-refractivity contribution >= 4 is 5.91 Å². The largest absolute Gasteiger partial charge is 0.332 e. The lowest BCUT2D eigenvalue weighted by Crippen LogP contribution is -2.30. The number of hydrogen-bond donors (Lipinski definition) is 0. The highest BCUT2D eigenvalue weighted by molar-refractivity contribution is 5.95. The summed E-state index contributed by atoms with van der Waals surface area (Å²) in [5.74, 6) is -0.0153. The van der Waals surface area contributed by atoms with Gasteiger partial charge in [0, 0.05) is 24.5 Å². The van der Waals surface area contributed by atoms with Crippen LogP contribution in [0.25, 0.3) is 0 Å². The quantitative estimate of drug-likeness (QED) is 0.848. The lowest BCUT2D eigenvalue weighted by atomic mass is 10.1. The Kier molecular flexibility index (Phi) is 3.65. The van der Waals surface area contributed by atoms with Gasteiger partial charge in [0.2, 0.25) is 0 Å². The molecule has 2 heterocycles. The van der Waals surface area contributed by atoms with E-state index in [0.29, 0.717) is 11.1 Å². The van der Waals surface area contributed by atoms with Crippen molar-refractivity contribution in [1.29, 1.82) is 5.26 Å². The molecule has 0 N–H and O–H groups in total. The van der Waals surface area contributed by atoms with Crippen molar-refractivity contribution in [1.82, 2.24) is 9.88 Å². The summed E-state index contributed by atoms with van der Waals surface area (Å²) < 4.78 is 0. The molecule has 0 aliphatic carbocycles. The van der Waals surface area contributed by atoms with Gasteiger partial charge < -0.3 is 4.90 Å². The molecule has 1 saturated heterocycles. The molecule has 0 bridgehead atoms. The third-order valence-corrected chi connectivity index (χ3v) is 3.82. The van der Waals surface area contributed by atoms with Crippen molar-refractivity contribution in [2.45, 2.75) is 18.9 Å². The second-order valence-corrected chi connectivity index (χ2v) is 5.14. The van der Waals surface area contributed by atoms with Crippen LogP contribution in [0.4, 0.5) is 0 Å². The van der Waals surface area contributed by atoms with Crippen LogP contribution in [-0.2, 0) is 0 Å². The van der Waals surface area contributed by atoms with Gasteiger partial charge in [0.05, 0.1) is 17.7 Å². The second-order valence-electron chi connectivity index (χ2n) is 5.14. The van der Waals surface area contributed by atoms with Crippen molar-refractivity contribution < 1.29 is 4.79 Å². The summed E-state index contributed by atoms with van der Waals surface area (Å²) in [6.07, 6.45) is 5.50. The maximum atomic E-state index is 12.7. The van der Waals surface area contributed by atoms with Gasteiger partial charge in [0.15, 0.2) is 0 Å². The van der Waals surface area contributed by atoms with E-state index < -0.39 is 0 Å². The molecule has 1 unspecified atom stereocenters. The first-order valence-electron chi connectivity index (χ1n) is 7.00. The van der Waals surface area contributed by atoms with Crippen LogP contribution in [0.15, 0.2) is 48.8 Å². The summed E-state index contributed by atoms with van der Waals surface area (Å²) in [4.78, 5) is 18.7. The van der Waals surface area contributed by atoms with Gasteiger partial charge in [-0.05, 0) is 42.7 Å². The molecule has 1 atom stereocenters. The fourth-order valence-corrected chi connectivity index (χ4v) is 2.82. The fraction of sp³-hybridized carbons (Fsp3) is 0.235. The Balaban J connectivity index is 1.88. The smallest absolute Gasteiger partial charge is 0.254 e. The number of likely N-dealkylation sites (tertiary alicyclic amines) is 1. The van der Waals surface area contributed by atoms with Crippen LogP contribution in [0.5, 0.6) is 0 Å². The van der Waals surface area contributed by atoms with Gasteiger partial charge in [0.25, 0.3) is 5.91 Å². The molecular weight excluding hydrogens is 262 g/mol. The molecule has 3 rings (SSSR count). The number of carbonyl (C=O) groups is 1. The molecule has 4 nitrogen and oxygen atoms in total. The number of rotatable bonds is 2. The Morgan fingerprint density at radius 2 is 2.24 bits per heavy atom. The minimum absolute atomic E-state index is 0.0153. The van der Waals surface area contributed by atoms with E-state index in [2.05, 4.69) is 11.1 Å². The first kappa shape index (κ1) is 13.3. The van der Waals surface area contributed by atoms with E-state index in [4.69, 9.17) is 5.26 Å². The molecule has 1 amide bonds. The third kappa shape index (κ3) is 2.63. The van der Waals surface area contributed by atoms with E-state index in [1.165, 1.54) is 0 Å². The van der Waals surface area contributed by atoms with Gasteiger partial charge in [-0.2, -0.15) is 5.26 Å². The zero-order valence-electron chi connectivity index (χ0n) is 11.6. The zero-order chi connectivity index (χ0) is 14.7. The highest BCUT2D eigenvalue weighted by atomic mass is 16.2. The van der Waals surface area contributed by atoms with E-state index in [0.717, 1.165) is 24.9 Å². The van der Waals surface area contributed by atoms with Gasteiger partial charge >= 0.3 is 0 Å². The summed E-state index contributed by atoms with van der Waals surface area (Å²) in [5.41, 5.74) is 2.16. The standard InChI is InChI=1S/C17H15N3O/c18-11-13-4-1-5-14(10-13)17(21)20-9-3-7-16(20)15-6-2-8-19-12-15/h1-2,4-6,8,10,12,16H,3,7,9H2. The molecule has 1 aliphatic rings. The lowest BCUT2D eigenvalue weighted by Gasteiger charge is -2.25. The topological polar surface area (TPSA) is 57.0 Å². The molecule has 0 radical (unpaired) electrons. The summed E-state index contributed by atoms with van der Waals surface area (Å²) in [7, 11) is 0. The van der Waals surface area contributed by atoms with Crippen LogP contribution >= 0.6 is 0 Å². The lowest BCUT2D eigenvalue weighted by molar-refractivity contribution is 0.0735. The Morgan fingerprint density at radius 3 is 3.00 bits per heavy atom. The molecule has 1 aromatic heterocycles. The zero-order valence-corrected chi connectivity index (χ0v) is 11.6. The van der Waals surface area contributed by atoms with Gasteiger partial charge in [-0.15, -0.1) is 0 Å². The van der Waals surface area contributed by atoms with Gasteiger partial charge in [0.1, 0.15) is 0 Å². The third-order valence-electron chi connectivity index (χ3n) is 3.82. The number of aromatic nitrogens is 1. The first-order chi connectivity index (χ1) is 10.3. The van der Waals surface area contributed by atoms with Crippen LogP contribution in [0, 0.1) is 11.3 Å². The average molecular weight is 277 g/mol. The van der Waals surface area contributed by atoms with Crippen LogP contribution in [0.3, 0.4) is 0 Å². The molecule has 1 aromatic carbocycles. The molecule has 104 valence electrons. The van der Waals surface area contributed by atoms with Gasteiger partial charge in [-0.25, -0.2) is 0 Å². The van der Waals surface area contributed by atoms with E-state index >= 15 is 0 Å². The molecule has 0 saturated carbocycles. The molecule has 1 aliphatic heterocycles. The predicted molar refractivity (Wildman–Crippen MR) is 78.4 cm³/mol. The number of carbonyl (C=O) groups excluding carboxylic acids is 1. The fourth-order valence-electron chi connectivity index (χ4n) is 2.82. The SMILES string of the molecule is N#Cc1cccc(C(=O)N2CCCC2c2cccnc2)c1. The maximum absolute atomic E-state index is 12.7. The van der Waals surface area contributed by atoms with Crippen molar-refractivity contribution in [2.75, 3.05) is 6.54 Å². The molecular formula is C17H15N3O. The Morgan fingerprint density at radius 1 is 1.33 bits per heavy atom. The van der Waals surface area contributed by atoms with Gasteiger partial charge in [-0.1, -0.05) is 12.1 Å². The minimum Gasteiger partial charge on any atom is -0.332 e. The maximum Gasteiger partial charge on any atom is 0.254 e. The number of amides is 1. The van der Waals surface area contributed by atoms with E-state index in [1.54, 1.807) is 30.5 Å². The van der Waals surface area contributed by atoms with Crippen LogP contribution < -0.4 is 0 Å². The first-order valence-corrected chi connectivity index (χ1v) is 7.00.